The second kappa shape index (κ2) is 11.7. The van der Waals surface area contributed by atoms with Crippen LogP contribution in [0.1, 0.15) is 30.9 Å². The smallest absolute Gasteiger partial charge is 0.283 e. The molecule has 2 aromatic rings. The maximum Gasteiger partial charge on any atom is 0.283 e. The maximum absolute atomic E-state index is 14.0. The van der Waals surface area contributed by atoms with E-state index < -0.39 is 10.2 Å². The molecule has 0 spiro atoms. The Hall–Kier alpha value is -2.39. The Bertz CT molecular complexity index is 937. The average molecular weight is 475 g/mol. The summed E-state index contributed by atoms with van der Waals surface area (Å²) in [6.07, 6.45) is 3.35. The molecule has 1 saturated heterocycles. The zero-order valence-corrected chi connectivity index (χ0v) is 20.5. The highest BCUT2D eigenvalue weighted by atomic mass is 32.2. The lowest BCUT2D eigenvalue weighted by Crippen LogP contribution is -2.49. The molecule has 0 saturated carbocycles. The van der Waals surface area contributed by atoms with Crippen LogP contribution >= 0.6 is 0 Å². The van der Waals surface area contributed by atoms with Gasteiger partial charge in [-0.15, -0.1) is 6.58 Å². The monoisotopic (exact) mass is 474 g/mol. The van der Waals surface area contributed by atoms with Crippen molar-refractivity contribution in [2.75, 3.05) is 27.4 Å². The minimum absolute atomic E-state index is 0.106. The molecule has 8 heteroatoms. The predicted octanol–water partition coefficient (Wildman–Crippen LogP) is 4.01. The highest BCUT2D eigenvalue weighted by Gasteiger charge is 2.35. The third-order valence-electron chi connectivity index (χ3n) is 5.86. The summed E-state index contributed by atoms with van der Waals surface area (Å²) in [7, 11) is -0.624. The summed E-state index contributed by atoms with van der Waals surface area (Å²) in [4.78, 5) is 0. The zero-order valence-electron chi connectivity index (χ0n) is 19.6. The van der Waals surface area contributed by atoms with Crippen LogP contribution in [0.25, 0.3) is 0 Å². The Balaban J connectivity index is 1.92. The third-order valence-corrected chi connectivity index (χ3v) is 7.85. The van der Waals surface area contributed by atoms with Crippen molar-refractivity contribution in [2.45, 2.75) is 45.0 Å². The van der Waals surface area contributed by atoms with Crippen LogP contribution in [-0.2, 0) is 28.0 Å². The molecule has 0 aromatic heterocycles. The molecule has 1 aliphatic rings. The number of hydrogen-bond acceptors (Lipinski definition) is 5. The topological polar surface area (TPSA) is 68.3 Å². The summed E-state index contributed by atoms with van der Waals surface area (Å²) in [6.45, 7) is 7.11. The summed E-state index contributed by atoms with van der Waals surface area (Å²) >= 11 is 0. The van der Waals surface area contributed by atoms with E-state index in [-0.39, 0.29) is 25.2 Å². The van der Waals surface area contributed by atoms with Gasteiger partial charge in [0.2, 0.25) is 0 Å². The molecule has 7 nitrogen and oxygen atoms in total. The molecule has 0 radical (unpaired) electrons. The fraction of sp³-hybridized carbons (Fsp3) is 0.440. The molecular formula is C25H34N2O5S. The van der Waals surface area contributed by atoms with Gasteiger partial charge >= 0.3 is 0 Å². The van der Waals surface area contributed by atoms with Crippen molar-refractivity contribution in [1.29, 1.82) is 0 Å². The van der Waals surface area contributed by atoms with Crippen LogP contribution in [0.2, 0.25) is 0 Å². The maximum atomic E-state index is 14.0. The molecule has 0 amide bonds. The SMILES string of the molecule is C=C[C@H](C)N(CC1CCCO1)S(=O)(=O)N(Cc1ccc(OC)cc1)Cc1ccc(OC)cc1. The Morgan fingerprint density at radius 3 is 1.94 bits per heavy atom. The predicted molar refractivity (Wildman–Crippen MR) is 129 cm³/mol. The van der Waals surface area contributed by atoms with Crippen molar-refractivity contribution in [3.63, 3.8) is 0 Å². The zero-order chi connectivity index (χ0) is 23.8. The summed E-state index contributed by atoms with van der Waals surface area (Å²) in [5.41, 5.74) is 1.74. The van der Waals surface area contributed by atoms with Gasteiger partial charge < -0.3 is 14.2 Å². The summed E-state index contributed by atoms with van der Waals surface area (Å²) in [6, 6.07) is 14.5. The minimum atomic E-state index is -3.84. The summed E-state index contributed by atoms with van der Waals surface area (Å²) < 4.78 is 47.2. The van der Waals surface area contributed by atoms with Gasteiger partial charge in [0.1, 0.15) is 11.5 Å². The van der Waals surface area contributed by atoms with E-state index in [1.165, 1.54) is 8.61 Å². The molecule has 1 heterocycles. The van der Waals surface area contributed by atoms with E-state index in [0.29, 0.717) is 13.2 Å². The van der Waals surface area contributed by atoms with Crippen molar-refractivity contribution in [2.24, 2.45) is 0 Å². The van der Waals surface area contributed by atoms with E-state index in [0.717, 1.165) is 35.5 Å². The summed E-state index contributed by atoms with van der Waals surface area (Å²) in [5.74, 6) is 1.45. The van der Waals surface area contributed by atoms with E-state index in [9.17, 15) is 8.42 Å². The second-order valence-corrected chi connectivity index (χ2v) is 10.0. The number of ether oxygens (including phenoxy) is 3. The first-order valence-electron chi connectivity index (χ1n) is 11.1. The molecule has 1 aliphatic heterocycles. The van der Waals surface area contributed by atoms with Crippen molar-refractivity contribution in [3.8, 4) is 11.5 Å². The third kappa shape index (κ3) is 6.57. The molecule has 0 aliphatic carbocycles. The number of rotatable bonds is 12. The Morgan fingerprint density at radius 2 is 1.55 bits per heavy atom. The standard InChI is InChI=1S/C25H34N2O5S/c1-5-20(2)27(19-25-7-6-16-32-25)33(28,29)26(17-21-8-12-23(30-3)13-9-21)18-22-10-14-24(31-4)15-11-22/h5,8-15,20,25H,1,6-7,16-19H2,2-4H3/t20-,25?/m0/s1. The molecule has 1 unspecified atom stereocenters. The van der Waals surface area contributed by atoms with Crippen LogP contribution in [0.5, 0.6) is 11.5 Å². The van der Waals surface area contributed by atoms with Gasteiger partial charge in [-0.2, -0.15) is 17.0 Å². The normalized spacial score (nSPS) is 17.3. The lowest BCUT2D eigenvalue weighted by Gasteiger charge is -2.34. The van der Waals surface area contributed by atoms with Crippen LogP contribution in [-0.4, -0.2) is 56.5 Å². The van der Waals surface area contributed by atoms with Crippen molar-refractivity contribution in [3.05, 3.63) is 72.3 Å². The first-order chi connectivity index (χ1) is 15.9. The van der Waals surface area contributed by atoms with Gasteiger partial charge in [-0.05, 0) is 55.2 Å². The molecule has 2 aromatic carbocycles. The van der Waals surface area contributed by atoms with Gasteiger partial charge in [0.25, 0.3) is 10.2 Å². The lowest BCUT2D eigenvalue weighted by molar-refractivity contribution is 0.0884. The van der Waals surface area contributed by atoms with Gasteiger partial charge in [0.15, 0.2) is 0 Å². The van der Waals surface area contributed by atoms with Gasteiger partial charge in [0, 0.05) is 32.3 Å². The van der Waals surface area contributed by atoms with Gasteiger partial charge in [-0.1, -0.05) is 30.3 Å². The van der Waals surface area contributed by atoms with Crippen LogP contribution in [0.3, 0.4) is 0 Å². The van der Waals surface area contributed by atoms with E-state index in [1.54, 1.807) is 20.3 Å². The van der Waals surface area contributed by atoms with Crippen molar-refractivity contribution < 1.29 is 22.6 Å². The Kier molecular flexibility index (Phi) is 8.91. The van der Waals surface area contributed by atoms with E-state index in [2.05, 4.69) is 6.58 Å². The molecule has 180 valence electrons. The first kappa shape index (κ1) is 25.2. The molecule has 1 fully saturated rings. The van der Waals surface area contributed by atoms with Crippen molar-refractivity contribution >= 4 is 10.2 Å². The highest BCUT2D eigenvalue weighted by molar-refractivity contribution is 7.86. The lowest BCUT2D eigenvalue weighted by atomic mass is 10.2. The largest absolute Gasteiger partial charge is 0.497 e. The molecule has 0 bridgehead atoms. The van der Waals surface area contributed by atoms with Crippen LogP contribution < -0.4 is 9.47 Å². The van der Waals surface area contributed by atoms with Crippen LogP contribution in [0.15, 0.2) is 61.2 Å². The molecule has 0 N–H and O–H groups in total. The Morgan fingerprint density at radius 1 is 1.03 bits per heavy atom. The average Bonchev–Trinajstić information content (AvgIpc) is 3.36. The summed E-state index contributed by atoms with van der Waals surface area (Å²) in [5, 5.41) is 0. The fourth-order valence-electron chi connectivity index (χ4n) is 3.81. The quantitative estimate of drug-likeness (QED) is 0.435. The molecular weight excluding hydrogens is 440 g/mol. The van der Waals surface area contributed by atoms with Gasteiger partial charge in [-0.25, -0.2) is 0 Å². The number of benzene rings is 2. The fourth-order valence-corrected chi connectivity index (χ4v) is 5.60. The van der Waals surface area contributed by atoms with Crippen molar-refractivity contribution in [1.82, 2.24) is 8.61 Å². The van der Waals surface area contributed by atoms with E-state index in [4.69, 9.17) is 14.2 Å². The van der Waals surface area contributed by atoms with Crippen LogP contribution in [0, 0.1) is 0 Å². The first-order valence-corrected chi connectivity index (χ1v) is 12.5. The second-order valence-electron chi connectivity index (χ2n) is 8.15. The van der Waals surface area contributed by atoms with E-state index in [1.807, 2.05) is 55.5 Å². The highest BCUT2D eigenvalue weighted by Crippen LogP contribution is 2.24. The van der Waals surface area contributed by atoms with Gasteiger partial charge in [0.05, 0.1) is 20.3 Å². The molecule has 2 atom stereocenters. The number of nitrogens with zero attached hydrogens (tertiary/aromatic N) is 2. The number of hydrogen-bond donors (Lipinski definition) is 0. The molecule has 3 rings (SSSR count). The van der Waals surface area contributed by atoms with Crippen LogP contribution in [0.4, 0.5) is 0 Å². The number of methoxy groups -OCH3 is 2. The van der Waals surface area contributed by atoms with E-state index >= 15 is 0 Å². The van der Waals surface area contributed by atoms with Gasteiger partial charge in [-0.3, -0.25) is 0 Å². The molecule has 33 heavy (non-hydrogen) atoms. The minimum Gasteiger partial charge on any atom is -0.497 e. The Labute approximate surface area is 197 Å².